The van der Waals surface area contributed by atoms with E-state index in [1.54, 1.807) is 0 Å². The zero-order valence-corrected chi connectivity index (χ0v) is 21.1. The first kappa shape index (κ1) is 28.0. The highest BCUT2D eigenvalue weighted by Crippen LogP contribution is 2.18. The Kier molecular flexibility index (Phi) is 17.2. The molecule has 0 bridgehead atoms. The van der Waals surface area contributed by atoms with Crippen molar-refractivity contribution in [2.75, 3.05) is 23.3 Å². The molecule has 0 saturated heterocycles. The molecule has 0 aliphatic rings. The summed E-state index contributed by atoms with van der Waals surface area (Å²) in [5.41, 5.74) is 5.43. The van der Waals surface area contributed by atoms with Gasteiger partial charge in [-0.25, -0.2) is 0 Å². The van der Waals surface area contributed by atoms with Crippen molar-refractivity contribution in [3.8, 4) is 0 Å². The Balaban J connectivity index is 0.0000102. The van der Waals surface area contributed by atoms with Crippen molar-refractivity contribution < 1.29 is 6.22 Å². The van der Waals surface area contributed by atoms with E-state index in [4.69, 9.17) is 0 Å². The normalized spacial score (nSPS) is 10.5. The molecular weight excluding hydrogens is 392 g/mol. The van der Waals surface area contributed by atoms with Crippen LogP contribution in [0.5, 0.6) is 0 Å². The van der Waals surface area contributed by atoms with E-state index in [9.17, 15) is 4.79 Å². The van der Waals surface area contributed by atoms with Crippen LogP contribution in [-0.4, -0.2) is 19.0 Å². The van der Waals surface area contributed by atoms with Crippen LogP contribution >= 0.6 is 0 Å². The Morgan fingerprint density at radius 3 is 1.91 bits per heavy atom. The zero-order valence-electron chi connectivity index (χ0n) is 21.1. The third kappa shape index (κ3) is 14.1. The molecule has 0 unspecified atom stereocenters. The predicted molar refractivity (Wildman–Crippen MR) is 144 cm³/mol. The van der Waals surface area contributed by atoms with Gasteiger partial charge in [0.15, 0.2) is 0 Å². The second-order valence-electron chi connectivity index (χ2n) is 8.71. The first-order valence-corrected chi connectivity index (χ1v) is 13.3. The third-order valence-corrected chi connectivity index (χ3v) is 5.97. The van der Waals surface area contributed by atoms with Gasteiger partial charge in [0.1, 0.15) is 0 Å². The predicted octanol–water partition coefficient (Wildman–Crippen LogP) is 8.91. The van der Waals surface area contributed by atoms with Crippen LogP contribution in [0.25, 0.3) is 0 Å². The number of hydrogen-bond acceptors (Lipinski definition) is 2. The Morgan fingerprint density at radius 1 is 0.812 bits per heavy atom. The van der Waals surface area contributed by atoms with Crippen molar-refractivity contribution >= 4 is 17.3 Å². The van der Waals surface area contributed by atoms with Crippen molar-refractivity contribution in [1.82, 2.24) is 0 Å². The summed E-state index contributed by atoms with van der Waals surface area (Å²) in [4.78, 5) is 14.5. The van der Waals surface area contributed by atoms with E-state index >= 15 is 0 Å². The fraction of sp³-hybridized carbons (Fsp3) is 0.655. The summed E-state index contributed by atoms with van der Waals surface area (Å²) in [5.74, 6) is 0.124. The third-order valence-electron chi connectivity index (χ3n) is 5.97. The number of amides is 1. The van der Waals surface area contributed by atoms with Crippen molar-refractivity contribution in [3.63, 3.8) is 0 Å². The number of nitrogens with one attached hydrogen (secondary N) is 1. The number of unbranched alkanes of at least 4 members (excludes halogenated alkanes) is 11. The second kappa shape index (κ2) is 19.7. The maximum Gasteiger partial charge on any atom is 0.224 e. The summed E-state index contributed by atoms with van der Waals surface area (Å²) >= 11 is 0. The molecular formula is C29H50N2O. The summed E-state index contributed by atoms with van der Waals surface area (Å²) in [6.07, 6.45) is 21.2. The van der Waals surface area contributed by atoms with Crippen LogP contribution in [0.4, 0.5) is 11.4 Å². The van der Waals surface area contributed by atoms with Crippen LogP contribution < -0.4 is 10.2 Å². The van der Waals surface area contributed by atoms with Crippen LogP contribution in [0.2, 0.25) is 0 Å². The van der Waals surface area contributed by atoms with Gasteiger partial charge in [0.2, 0.25) is 5.91 Å². The molecule has 0 fully saturated rings. The zero-order chi connectivity index (χ0) is 23.3. The fourth-order valence-corrected chi connectivity index (χ4v) is 3.91. The van der Waals surface area contributed by atoms with E-state index in [2.05, 4.69) is 61.0 Å². The number of benzene rings is 1. The number of allylic oxidation sites excluding steroid dienone is 1. The molecule has 0 radical (unpaired) electrons. The molecule has 0 atom stereocenters. The van der Waals surface area contributed by atoms with Gasteiger partial charge >= 0.3 is 0 Å². The first-order valence-electron chi connectivity index (χ1n) is 13.3. The fourth-order valence-electron chi connectivity index (χ4n) is 3.91. The largest absolute Gasteiger partial charge is 0.372 e. The average molecular weight is 443 g/mol. The van der Waals surface area contributed by atoms with Gasteiger partial charge in [-0.3, -0.25) is 4.79 Å². The van der Waals surface area contributed by atoms with Gasteiger partial charge in [-0.15, -0.1) is 5.73 Å². The van der Waals surface area contributed by atoms with Crippen LogP contribution in [0.1, 0.15) is 112 Å². The van der Waals surface area contributed by atoms with Gasteiger partial charge < -0.3 is 10.2 Å². The molecule has 0 aromatic heterocycles. The highest BCUT2D eigenvalue weighted by atomic mass is 16.1. The summed E-state index contributed by atoms with van der Waals surface area (Å²) in [6.45, 7) is 8.57. The molecule has 3 heteroatoms. The molecule has 3 nitrogen and oxygen atoms in total. The van der Waals surface area contributed by atoms with Crippen molar-refractivity contribution in [3.05, 3.63) is 42.1 Å². The van der Waals surface area contributed by atoms with Gasteiger partial charge in [0.25, 0.3) is 0 Å². The monoisotopic (exact) mass is 442 g/mol. The van der Waals surface area contributed by atoms with Crippen molar-refractivity contribution in [1.29, 1.82) is 0 Å². The highest BCUT2D eigenvalue weighted by molar-refractivity contribution is 5.90. The minimum Gasteiger partial charge on any atom is -0.372 e. The molecule has 1 amide bonds. The van der Waals surface area contributed by atoms with Crippen LogP contribution in [0, 0.1) is 0 Å². The topological polar surface area (TPSA) is 32.3 Å². The number of rotatable bonds is 19. The first-order chi connectivity index (χ1) is 15.7. The van der Waals surface area contributed by atoms with E-state index in [0.29, 0.717) is 6.42 Å². The lowest BCUT2D eigenvalue weighted by molar-refractivity contribution is -0.116. The Bertz CT molecular complexity index is 646. The van der Waals surface area contributed by atoms with Crippen LogP contribution in [0.15, 0.2) is 42.1 Å². The molecule has 1 rings (SSSR count). The molecule has 0 spiro atoms. The molecule has 0 heterocycles. The van der Waals surface area contributed by atoms with Gasteiger partial charge in [0, 0.05) is 32.3 Å². The molecule has 32 heavy (non-hydrogen) atoms. The Labute approximate surface area is 199 Å². The lowest BCUT2D eigenvalue weighted by atomic mass is 10.1. The number of hydrogen-bond donors (Lipinski definition) is 1. The highest BCUT2D eigenvalue weighted by Gasteiger charge is 2.04. The van der Waals surface area contributed by atoms with Gasteiger partial charge in [0.05, 0.1) is 0 Å². The number of carbonyl (C=O) groups is 1. The summed E-state index contributed by atoms with van der Waals surface area (Å²) in [6, 6.07) is 8.17. The van der Waals surface area contributed by atoms with E-state index < -0.39 is 0 Å². The summed E-state index contributed by atoms with van der Waals surface area (Å²) in [5, 5.41) is 3.02. The molecule has 182 valence electrons. The SMILES string of the molecule is CCCCCCCCC=C=CCCCCCCCC(=O)Nc1ccc(N(CC)CC)cc1.[HH]. The van der Waals surface area contributed by atoms with E-state index in [-0.39, 0.29) is 7.33 Å². The number of nitrogens with zero attached hydrogens (tertiary/aromatic N) is 1. The van der Waals surface area contributed by atoms with Crippen molar-refractivity contribution in [2.24, 2.45) is 0 Å². The van der Waals surface area contributed by atoms with Gasteiger partial charge in [-0.2, -0.15) is 0 Å². The lowest BCUT2D eigenvalue weighted by Crippen LogP contribution is -2.21. The van der Waals surface area contributed by atoms with Crippen LogP contribution in [0.3, 0.4) is 0 Å². The van der Waals surface area contributed by atoms with Crippen molar-refractivity contribution in [2.45, 2.75) is 111 Å². The Morgan fingerprint density at radius 2 is 1.34 bits per heavy atom. The minimum absolute atomic E-state index is 0. The number of carbonyl (C=O) groups excluding carboxylic acids is 1. The quantitative estimate of drug-likeness (QED) is 0.171. The molecule has 0 aliphatic carbocycles. The summed E-state index contributed by atoms with van der Waals surface area (Å²) in [7, 11) is 0. The van der Waals surface area contributed by atoms with E-state index in [1.807, 2.05) is 12.1 Å². The molecule has 0 saturated carbocycles. The average Bonchev–Trinajstić information content (AvgIpc) is 2.80. The van der Waals surface area contributed by atoms with Gasteiger partial charge in [-0.05, 0) is 82.4 Å². The van der Waals surface area contributed by atoms with Gasteiger partial charge in [-0.1, -0.05) is 58.3 Å². The van der Waals surface area contributed by atoms with Crippen LogP contribution in [-0.2, 0) is 4.79 Å². The minimum atomic E-state index is 0. The molecule has 1 aromatic rings. The lowest BCUT2D eigenvalue weighted by Gasteiger charge is -2.21. The second-order valence-corrected chi connectivity index (χ2v) is 8.71. The summed E-state index contributed by atoms with van der Waals surface area (Å²) < 4.78 is 0. The maximum absolute atomic E-state index is 12.2. The molecule has 1 N–H and O–H groups in total. The smallest absolute Gasteiger partial charge is 0.224 e. The Hall–Kier alpha value is -1.99. The van der Waals surface area contributed by atoms with E-state index in [0.717, 1.165) is 38.0 Å². The molecule has 0 aliphatic heterocycles. The standard InChI is InChI=1S/C29H48N2O.H2/c1-4-7-8-9-10-11-12-13-14-15-16-17-18-19-20-21-22-29(32)30-27-23-25-28(26-24-27)31(5-2)6-3;/h13,15,23-26H,4-12,16-22H2,1-3H3,(H,30,32);1H. The van der Waals surface area contributed by atoms with E-state index in [1.165, 1.54) is 69.9 Å². The maximum atomic E-state index is 12.2. The number of anilines is 2. The molecule has 1 aromatic carbocycles.